The van der Waals surface area contributed by atoms with Gasteiger partial charge in [0.15, 0.2) is 0 Å². The van der Waals surface area contributed by atoms with Crippen LogP contribution in [0.25, 0.3) is 11.4 Å². The van der Waals surface area contributed by atoms with E-state index >= 15 is 0 Å². The molecule has 1 fully saturated rings. The summed E-state index contributed by atoms with van der Waals surface area (Å²) in [6.45, 7) is 10.6. The summed E-state index contributed by atoms with van der Waals surface area (Å²) in [6, 6.07) is 7.26. The quantitative estimate of drug-likeness (QED) is 0.853. The Morgan fingerprint density at radius 1 is 1.25 bits per heavy atom. The molecular formula is C17H26N6O. The van der Waals surface area contributed by atoms with Crippen molar-refractivity contribution >= 4 is 0 Å². The van der Waals surface area contributed by atoms with Gasteiger partial charge in [0.25, 0.3) is 0 Å². The number of piperazine rings is 1. The molecule has 1 aromatic carbocycles. The van der Waals surface area contributed by atoms with Crippen molar-refractivity contribution in [1.82, 2.24) is 30.4 Å². The Bertz CT molecular complexity index is 647. The molecule has 2 atom stereocenters. The number of aromatic amines is 1. The summed E-state index contributed by atoms with van der Waals surface area (Å²) in [5.74, 6) is 0.629. The molecule has 2 N–H and O–H groups in total. The van der Waals surface area contributed by atoms with E-state index in [1.807, 2.05) is 0 Å². The number of rotatable bonds is 5. The van der Waals surface area contributed by atoms with Crippen LogP contribution >= 0.6 is 0 Å². The number of hydrogen-bond acceptors (Lipinski definition) is 6. The molecule has 0 spiro atoms. The van der Waals surface area contributed by atoms with Crippen molar-refractivity contribution in [2.45, 2.75) is 39.4 Å². The SMILES string of the molecule is Cc1cc(-c2nn[nH]n2)ccc1CN1C[C@@H](C)N(CCO)[C@@H](C)C1. The standard InChI is InChI=1S/C17H26N6O/c1-12-8-15(17-18-20-21-19-17)4-5-16(12)11-22-9-13(2)23(6-7-24)14(3)10-22/h4-5,8,13-14,24H,6-7,9-11H2,1-3H3,(H,18,19,20,21)/t13-,14+. The fraction of sp³-hybridized carbons (Fsp3) is 0.588. The lowest BCUT2D eigenvalue weighted by atomic mass is 10.0. The number of aliphatic hydroxyl groups excluding tert-OH is 1. The van der Waals surface area contributed by atoms with Crippen molar-refractivity contribution < 1.29 is 5.11 Å². The lowest BCUT2D eigenvalue weighted by molar-refractivity contribution is 0.0237. The van der Waals surface area contributed by atoms with Gasteiger partial charge in [0.1, 0.15) is 0 Å². The van der Waals surface area contributed by atoms with Gasteiger partial charge in [0.2, 0.25) is 5.82 Å². The molecule has 0 unspecified atom stereocenters. The van der Waals surface area contributed by atoms with Gasteiger partial charge >= 0.3 is 0 Å². The lowest BCUT2D eigenvalue weighted by Gasteiger charge is -2.44. The Balaban J connectivity index is 1.68. The Labute approximate surface area is 142 Å². The van der Waals surface area contributed by atoms with Crippen molar-refractivity contribution in [2.75, 3.05) is 26.2 Å². The number of aliphatic hydroxyl groups is 1. The van der Waals surface area contributed by atoms with Crippen molar-refractivity contribution in [1.29, 1.82) is 0 Å². The minimum atomic E-state index is 0.228. The first-order chi connectivity index (χ1) is 11.6. The third-order valence-electron chi connectivity index (χ3n) is 4.88. The van der Waals surface area contributed by atoms with Gasteiger partial charge in [-0.15, -0.1) is 10.2 Å². The van der Waals surface area contributed by atoms with E-state index in [1.165, 1.54) is 11.1 Å². The van der Waals surface area contributed by atoms with E-state index in [-0.39, 0.29) is 6.61 Å². The maximum atomic E-state index is 9.22. The van der Waals surface area contributed by atoms with Gasteiger partial charge in [-0.3, -0.25) is 9.80 Å². The predicted molar refractivity (Wildman–Crippen MR) is 92.3 cm³/mol. The number of aryl methyl sites for hydroxylation is 1. The van der Waals surface area contributed by atoms with Gasteiger partial charge in [0.05, 0.1) is 6.61 Å². The number of tetrazole rings is 1. The van der Waals surface area contributed by atoms with Gasteiger partial charge in [-0.1, -0.05) is 12.1 Å². The Morgan fingerprint density at radius 2 is 2.00 bits per heavy atom. The number of nitrogens with zero attached hydrogens (tertiary/aromatic N) is 5. The maximum Gasteiger partial charge on any atom is 0.204 e. The number of aromatic nitrogens is 4. The van der Waals surface area contributed by atoms with Crippen molar-refractivity contribution in [3.8, 4) is 11.4 Å². The highest BCUT2D eigenvalue weighted by Gasteiger charge is 2.28. The largest absolute Gasteiger partial charge is 0.395 e. The third kappa shape index (κ3) is 3.63. The van der Waals surface area contributed by atoms with Gasteiger partial charge in [0, 0.05) is 43.8 Å². The highest BCUT2D eigenvalue weighted by atomic mass is 16.3. The molecule has 2 aromatic rings. The molecular weight excluding hydrogens is 304 g/mol. The molecule has 0 saturated carbocycles. The molecule has 7 nitrogen and oxygen atoms in total. The fourth-order valence-electron chi connectivity index (χ4n) is 3.69. The highest BCUT2D eigenvalue weighted by Crippen LogP contribution is 2.22. The van der Waals surface area contributed by atoms with E-state index in [0.717, 1.165) is 31.7 Å². The molecule has 3 rings (SSSR count). The molecule has 1 aliphatic rings. The molecule has 1 aliphatic heterocycles. The second kappa shape index (κ2) is 7.38. The molecule has 2 heterocycles. The van der Waals surface area contributed by atoms with Crippen LogP contribution in [0.4, 0.5) is 0 Å². The topological polar surface area (TPSA) is 81.2 Å². The fourth-order valence-corrected chi connectivity index (χ4v) is 3.69. The zero-order valence-electron chi connectivity index (χ0n) is 14.6. The molecule has 1 saturated heterocycles. The summed E-state index contributed by atoms with van der Waals surface area (Å²) >= 11 is 0. The third-order valence-corrected chi connectivity index (χ3v) is 4.88. The minimum Gasteiger partial charge on any atom is -0.395 e. The highest BCUT2D eigenvalue weighted by molar-refractivity contribution is 5.56. The molecule has 130 valence electrons. The summed E-state index contributed by atoms with van der Waals surface area (Å²) in [7, 11) is 0. The summed E-state index contributed by atoms with van der Waals surface area (Å²) in [4.78, 5) is 4.89. The second-order valence-corrected chi connectivity index (χ2v) is 6.73. The van der Waals surface area contributed by atoms with Gasteiger partial charge in [-0.25, -0.2) is 0 Å². The van der Waals surface area contributed by atoms with Crippen molar-refractivity contribution in [3.05, 3.63) is 29.3 Å². The molecule has 24 heavy (non-hydrogen) atoms. The van der Waals surface area contributed by atoms with Crippen LogP contribution in [0.2, 0.25) is 0 Å². The summed E-state index contributed by atoms with van der Waals surface area (Å²) in [5.41, 5.74) is 3.56. The van der Waals surface area contributed by atoms with Gasteiger partial charge < -0.3 is 5.11 Å². The Kier molecular flexibility index (Phi) is 5.23. The monoisotopic (exact) mass is 330 g/mol. The van der Waals surface area contributed by atoms with Crippen LogP contribution in [0, 0.1) is 6.92 Å². The summed E-state index contributed by atoms with van der Waals surface area (Å²) < 4.78 is 0. The van der Waals surface area contributed by atoms with E-state index in [1.54, 1.807) is 0 Å². The molecule has 7 heteroatoms. The number of H-pyrrole nitrogens is 1. The zero-order chi connectivity index (χ0) is 17.1. The first-order valence-corrected chi connectivity index (χ1v) is 8.50. The van der Waals surface area contributed by atoms with E-state index in [4.69, 9.17) is 0 Å². The molecule has 0 radical (unpaired) electrons. The van der Waals surface area contributed by atoms with Crippen LogP contribution < -0.4 is 0 Å². The number of nitrogens with one attached hydrogen (secondary N) is 1. The lowest BCUT2D eigenvalue weighted by Crippen LogP contribution is -2.56. The summed E-state index contributed by atoms with van der Waals surface area (Å²) in [6.07, 6.45) is 0. The molecule has 0 bridgehead atoms. The van der Waals surface area contributed by atoms with Crippen LogP contribution in [0.5, 0.6) is 0 Å². The minimum absolute atomic E-state index is 0.228. The van der Waals surface area contributed by atoms with Crippen molar-refractivity contribution in [3.63, 3.8) is 0 Å². The summed E-state index contributed by atoms with van der Waals surface area (Å²) in [5, 5.41) is 23.4. The van der Waals surface area contributed by atoms with E-state index in [0.29, 0.717) is 17.9 Å². The Hall–Kier alpha value is -1.83. The van der Waals surface area contributed by atoms with E-state index in [2.05, 4.69) is 69.4 Å². The van der Waals surface area contributed by atoms with Crippen LogP contribution in [0.3, 0.4) is 0 Å². The van der Waals surface area contributed by atoms with Crippen LogP contribution in [-0.4, -0.2) is 73.9 Å². The molecule has 0 amide bonds. The average molecular weight is 330 g/mol. The van der Waals surface area contributed by atoms with Crippen molar-refractivity contribution in [2.24, 2.45) is 0 Å². The first kappa shape index (κ1) is 17.0. The predicted octanol–water partition coefficient (Wildman–Crippen LogP) is 1.06. The number of hydrogen-bond donors (Lipinski definition) is 2. The van der Waals surface area contributed by atoms with Gasteiger partial charge in [-0.2, -0.15) is 5.21 Å². The second-order valence-electron chi connectivity index (χ2n) is 6.73. The van der Waals surface area contributed by atoms with Crippen LogP contribution in [0.15, 0.2) is 18.2 Å². The normalized spacial score (nSPS) is 22.8. The smallest absolute Gasteiger partial charge is 0.204 e. The maximum absolute atomic E-state index is 9.22. The number of β-amino-alcohol motifs (C(OH)–C–C–N with tert-alkyl or cyclic N) is 1. The van der Waals surface area contributed by atoms with Crippen LogP contribution in [-0.2, 0) is 6.54 Å². The number of benzene rings is 1. The molecule has 1 aromatic heterocycles. The molecule has 0 aliphatic carbocycles. The van der Waals surface area contributed by atoms with E-state index in [9.17, 15) is 5.11 Å². The van der Waals surface area contributed by atoms with Crippen LogP contribution in [0.1, 0.15) is 25.0 Å². The van der Waals surface area contributed by atoms with E-state index < -0.39 is 0 Å². The zero-order valence-corrected chi connectivity index (χ0v) is 14.6. The Morgan fingerprint density at radius 3 is 2.58 bits per heavy atom. The average Bonchev–Trinajstić information content (AvgIpc) is 3.07. The first-order valence-electron chi connectivity index (χ1n) is 8.50. The van der Waals surface area contributed by atoms with Gasteiger partial charge in [-0.05, 0) is 43.2 Å².